The van der Waals surface area contributed by atoms with Gasteiger partial charge < -0.3 is 5.32 Å². The van der Waals surface area contributed by atoms with Gasteiger partial charge in [0.25, 0.3) is 0 Å². The van der Waals surface area contributed by atoms with Crippen LogP contribution in [0.4, 0.5) is 23.2 Å². The zero-order valence-corrected chi connectivity index (χ0v) is 15.8. The molecule has 0 aliphatic rings. The summed E-state index contributed by atoms with van der Waals surface area (Å²) in [4.78, 5) is 19.5. The Hall–Kier alpha value is -2.39. The summed E-state index contributed by atoms with van der Waals surface area (Å²) in [6.45, 7) is 1.48. The summed E-state index contributed by atoms with van der Waals surface area (Å²) in [6.07, 6.45) is -4.72. The first kappa shape index (κ1) is 20.3. The van der Waals surface area contributed by atoms with Crippen molar-refractivity contribution in [3.05, 3.63) is 59.1 Å². The zero-order chi connectivity index (χ0) is 20.5. The number of hydrogen-bond acceptors (Lipinski definition) is 4. The maximum Gasteiger partial charge on any atom is 0.451 e. The predicted octanol–water partition coefficient (Wildman–Crippen LogP) is 5.56. The van der Waals surface area contributed by atoms with Crippen molar-refractivity contribution in [1.29, 1.82) is 0 Å². The topological polar surface area (TPSA) is 54.9 Å². The number of thioether (sulfide) groups is 1. The summed E-state index contributed by atoms with van der Waals surface area (Å²) in [5.41, 5.74) is 0.0362. The van der Waals surface area contributed by atoms with E-state index in [2.05, 4.69) is 15.3 Å². The van der Waals surface area contributed by atoms with Gasteiger partial charge in [0.05, 0.1) is 16.5 Å². The van der Waals surface area contributed by atoms with E-state index < -0.39 is 29.0 Å². The van der Waals surface area contributed by atoms with E-state index >= 15 is 0 Å². The van der Waals surface area contributed by atoms with Crippen molar-refractivity contribution in [1.82, 2.24) is 9.97 Å². The molecule has 0 fully saturated rings. The number of carbonyl (C=O) groups excluding carboxylic acids is 1. The van der Waals surface area contributed by atoms with Crippen LogP contribution in [0.15, 0.2) is 47.5 Å². The highest BCUT2D eigenvalue weighted by molar-refractivity contribution is 8.00. The molecule has 146 valence electrons. The Balaban J connectivity index is 1.87. The molecular weight excluding hydrogens is 418 g/mol. The Bertz CT molecular complexity index is 1050. The van der Waals surface area contributed by atoms with Crippen LogP contribution in [0.25, 0.3) is 10.9 Å². The summed E-state index contributed by atoms with van der Waals surface area (Å²) in [6, 6.07) is 9.95. The van der Waals surface area contributed by atoms with E-state index in [-0.39, 0.29) is 21.3 Å². The smallest absolute Gasteiger partial charge is 0.323 e. The third-order valence-corrected chi connectivity index (χ3v) is 5.01. The first-order valence-corrected chi connectivity index (χ1v) is 9.17. The second-order valence-corrected chi connectivity index (χ2v) is 7.51. The van der Waals surface area contributed by atoms with Crippen molar-refractivity contribution in [3.63, 3.8) is 0 Å². The average molecular weight is 430 g/mol. The molecule has 1 N–H and O–H groups in total. The molecule has 10 heteroatoms. The van der Waals surface area contributed by atoms with Crippen molar-refractivity contribution in [3.8, 4) is 0 Å². The number of benzene rings is 2. The monoisotopic (exact) mass is 429 g/mol. The second-order valence-electron chi connectivity index (χ2n) is 5.74. The van der Waals surface area contributed by atoms with Gasteiger partial charge in [0.2, 0.25) is 11.7 Å². The van der Waals surface area contributed by atoms with E-state index in [0.29, 0.717) is 5.39 Å². The average Bonchev–Trinajstić information content (AvgIpc) is 2.63. The maximum absolute atomic E-state index is 13.8. The van der Waals surface area contributed by atoms with Gasteiger partial charge in [-0.2, -0.15) is 13.2 Å². The molecule has 3 aromatic rings. The molecule has 0 spiro atoms. The lowest BCUT2D eigenvalue weighted by molar-refractivity contribution is -0.145. The van der Waals surface area contributed by atoms with Gasteiger partial charge in [0, 0.05) is 10.4 Å². The molecule has 1 heterocycles. The number of fused-ring (bicyclic) bond motifs is 1. The number of alkyl halides is 3. The molecular formula is C18H12ClF4N3OS. The highest BCUT2D eigenvalue weighted by Gasteiger charge is 2.36. The minimum atomic E-state index is -4.72. The SMILES string of the molecule is CC(Sc1nc(C(F)(F)F)nc2ccccc12)C(=O)Nc1ccc(Cl)cc1F. The molecule has 28 heavy (non-hydrogen) atoms. The van der Waals surface area contributed by atoms with E-state index in [4.69, 9.17) is 11.6 Å². The van der Waals surface area contributed by atoms with Gasteiger partial charge in [-0.25, -0.2) is 14.4 Å². The number of nitrogens with zero attached hydrogens (tertiary/aromatic N) is 2. The maximum atomic E-state index is 13.8. The van der Waals surface area contributed by atoms with Crippen molar-refractivity contribution >= 4 is 45.9 Å². The van der Waals surface area contributed by atoms with E-state index in [0.717, 1.165) is 17.8 Å². The fourth-order valence-electron chi connectivity index (χ4n) is 2.31. The van der Waals surface area contributed by atoms with Gasteiger partial charge in [-0.15, -0.1) is 0 Å². The van der Waals surface area contributed by atoms with Crippen LogP contribution in [0.1, 0.15) is 12.7 Å². The van der Waals surface area contributed by atoms with Gasteiger partial charge in [0.15, 0.2) is 0 Å². The largest absolute Gasteiger partial charge is 0.451 e. The highest BCUT2D eigenvalue weighted by Crippen LogP contribution is 2.34. The third-order valence-electron chi connectivity index (χ3n) is 3.67. The molecule has 0 saturated heterocycles. The Morgan fingerprint density at radius 1 is 1.18 bits per heavy atom. The third kappa shape index (κ3) is 4.53. The van der Waals surface area contributed by atoms with Crippen LogP contribution in [0.3, 0.4) is 0 Å². The summed E-state index contributed by atoms with van der Waals surface area (Å²) < 4.78 is 53.1. The van der Waals surface area contributed by atoms with Crippen LogP contribution in [-0.2, 0) is 11.0 Å². The van der Waals surface area contributed by atoms with Gasteiger partial charge in [-0.1, -0.05) is 41.6 Å². The Morgan fingerprint density at radius 2 is 1.89 bits per heavy atom. The number of rotatable bonds is 4. The molecule has 1 amide bonds. The number of para-hydroxylation sites is 1. The summed E-state index contributed by atoms with van der Waals surface area (Å²) in [7, 11) is 0. The second kappa shape index (κ2) is 7.92. The molecule has 2 aromatic carbocycles. The molecule has 1 atom stereocenters. The first-order chi connectivity index (χ1) is 13.1. The molecule has 0 saturated carbocycles. The number of hydrogen-bond donors (Lipinski definition) is 1. The standard InChI is InChI=1S/C18H12ClF4N3OS/c1-9(15(27)24-14-7-6-10(19)8-12(14)20)28-16-11-4-2-3-5-13(11)25-17(26-16)18(21,22)23/h2-9H,1H3,(H,24,27). The minimum Gasteiger partial charge on any atom is -0.323 e. The molecule has 0 aliphatic heterocycles. The van der Waals surface area contributed by atoms with Crippen molar-refractivity contribution < 1.29 is 22.4 Å². The van der Waals surface area contributed by atoms with E-state index in [1.165, 1.54) is 25.1 Å². The van der Waals surface area contributed by atoms with Crippen LogP contribution in [0, 0.1) is 5.82 Å². The van der Waals surface area contributed by atoms with Gasteiger partial charge >= 0.3 is 6.18 Å². The van der Waals surface area contributed by atoms with Crippen LogP contribution in [0.5, 0.6) is 0 Å². The van der Waals surface area contributed by atoms with E-state index in [9.17, 15) is 22.4 Å². The number of nitrogens with one attached hydrogen (secondary N) is 1. The summed E-state index contributed by atoms with van der Waals surface area (Å²) in [5.74, 6) is -2.60. The summed E-state index contributed by atoms with van der Waals surface area (Å²) in [5, 5.41) is 2.11. The van der Waals surface area contributed by atoms with Crippen molar-refractivity contribution in [2.24, 2.45) is 0 Å². The van der Waals surface area contributed by atoms with Gasteiger partial charge in [-0.3, -0.25) is 4.79 Å². The lowest BCUT2D eigenvalue weighted by Crippen LogP contribution is -2.23. The Kier molecular flexibility index (Phi) is 5.76. The summed E-state index contributed by atoms with van der Waals surface area (Å²) >= 11 is 6.50. The molecule has 1 unspecified atom stereocenters. The predicted molar refractivity (Wildman–Crippen MR) is 99.9 cm³/mol. The highest BCUT2D eigenvalue weighted by atomic mass is 35.5. The fourth-order valence-corrected chi connectivity index (χ4v) is 3.41. The molecule has 0 aliphatic carbocycles. The van der Waals surface area contributed by atoms with Crippen LogP contribution < -0.4 is 5.32 Å². The van der Waals surface area contributed by atoms with Crippen molar-refractivity contribution in [2.45, 2.75) is 23.4 Å². The van der Waals surface area contributed by atoms with Crippen LogP contribution in [-0.4, -0.2) is 21.1 Å². The number of anilines is 1. The van der Waals surface area contributed by atoms with E-state index in [1.54, 1.807) is 18.2 Å². The molecule has 4 nitrogen and oxygen atoms in total. The van der Waals surface area contributed by atoms with Crippen molar-refractivity contribution in [2.75, 3.05) is 5.32 Å². The first-order valence-electron chi connectivity index (χ1n) is 7.91. The normalized spacial score (nSPS) is 12.8. The molecule has 0 radical (unpaired) electrons. The zero-order valence-electron chi connectivity index (χ0n) is 14.2. The number of halogens is 5. The lowest BCUT2D eigenvalue weighted by atomic mass is 10.2. The number of carbonyl (C=O) groups is 1. The van der Waals surface area contributed by atoms with Gasteiger partial charge in [0.1, 0.15) is 10.8 Å². The number of amides is 1. The Labute approximate surface area is 166 Å². The number of aromatic nitrogens is 2. The quantitative estimate of drug-likeness (QED) is 0.335. The molecule has 3 rings (SSSR count). The fraction of sp³-hybridized carbons (Fsp3) is 0.167. The lowest BCUT2D eigenvalue weighted by Gasteiger charge is -2.15. The van der Waals surface area contributed by atoms with Crippen LogP contribution >= 0.6 is 23.4 Å². The molecule has 0 bridgehead atoms. The molecule has 1 aromatic heterocycles. The van der Waals surface area contributed by atoms with Gasteiger partial charge in [-0.05, 0) is 31.2 Å². The van der Waals surface area contributed by atoms with E-state index in [1.807, 2.05) is 0 Å². The minimum absolute atomic E-state index is 0.0113. The Morgan fingerprint density at radius 3 is 2.57 bits per heavy atom. The van der Waals surface area contributed by atoms with Crippen LogP contribution in [0.2, 0.25) is 5.02 Å².